The first kappa shape index (κ1) is 14.9. The number of hydrogen-bond acceptors (Lipinski definition) is 3. The monoisotopic (exact) mass is 339 g/mol. The number of aromatic hydroxyl groups is 1. The zero-order valence-electron chi connectivity index (χ0n) is 8.23. The third-order valence-corrected chi connectivity index (χ3v) is 2.31. The fraction of sp³-hybridized carbons (Fsp3) is 0.375. The van der Waals surface area contributed by atoms with Crippen LogP contribution in [0.5, 0.6) is 11.5 Å². The van der Waals surface area contributed by atoms with Gasteiger partial charge in [0.1, 0.15) is 0 Å². The summed E-state index contributed by atoms with van der Waals surface area (Å²) in [5.41, 5.74) is -2.20. The highest BCUT2D eigenvalue weighted by atomic mass is 79.9. The van der Waals surface area contributed by atoms with Crippen LogP contribution in [-0.2, 0) is 11.5 Å². The smallest absolute Gasteiger partial charge is 0.503 e. The molecule has 0 aliphatic carbocycles. The molecule has 1 rings (SSSR count). The van der Waals surface area contributed by atoms with Gasteiger partial charge in [0.2, 0.25) is 0 Å². The topological polar surface area (TPSA) is 42.4 Å². The molecule has 1 aromatic heterocycles. The number of nitrogens with zero attached hydrogens (tertiary/aromatic N) is 1. The number of rotatable bonds is 2. The summed E-state index contributed by atoms with van der Waals surface area (Å²) in [6, 6.07) is 0. The first-order valence-electron chi connectivity index (χ1n) is 4.16. The Kier molecular flexibility index (Phi) is 3.99. The van der Waals surface area contributed by atoms with Crippen molar-refractivity contribution in [2.45, 2.75) is 17.9 Å². The Morgan fingerprint density at radius 3 is 2.17 bits per heavy atom. The molecule has 0 atom stereocenters. The zero-order chi connectivity index (χ0) is 14.1. The molecule has 0 radical (unpaired) electrons. The Labute approximate surface area is 105 Å². The first-order valence-corrected chi connectivity index (χ1v) is 5.28. The average molecular weight is 340 g/mol. The van der Waals surface area contributed by atoms with Crippen LogP contribution in [0.4, 0.5) is 26.3 Å². The molecule has 0 spiro atoms. The van der Waals surface area contributed by atoms with E-state index in [0.717, 1.165) is 0 Å². The average Bonchev–Trinajstić information content (AvgIpc) is 2.17. The highest BCUT2D eigenvalue weighted by Crippen LogP contribution is 2.43. The lowest BCUT2D eigenvalue weighted by Gasteiger charge is -2.16. The molecular formula is C8H4BrF6NO2. The molecule has 0 saturated heterocycles. The van der Waals surface area contributed by atoms with Gasteiger partial charge in [-0.15, -0.1) is 13.2 Å². The quantitative estimate of drug-likeness (QED) is 0.661. The van der Waals surface area contributed by atoms with Crippen LogP contribution in [0, 0.1) is 0 Å². The third kappa shape index (κ3) is 3.40. The minimum Gasteiger partial charge on any atom is -0.503 e. The summed E-state index contributed by atoms with van der Waals surface area (Å²) in [6.45, 7) is 0. The van der Waals surface area contributed by atoms with Gasteiger partial charge in [-0.3, -0.25) is 0 Å². The van der Waals surface area contributed by atoms with E-state index in [1.165, 1.54) is 0 Å². The van der Waals surface area contributed by atoms with Crippen molar-refractivity contribution in [2.24, 2.45) is 0 Å². The van der Waals surface area contributed by atoms with Gasteiger partial charge in [-0.1, -0.05) is 15.9 Å². The third-order valence-electron chi connectivity index (χ3n) is 1.71. The molecule has 0 fully saturated rings. The van der Waals surface area contributed by atoms with Gasteiger partial charge in [0.05, 0.1) is 0 Å². The lowest BCUT2D eigenvalue weighted by Crippen LogP contribution is -2.19. The molecule has 0 amide bonds. The highest BCUT2D eigenvalue weighted by Gasteiger charge is 2.40. The number of hydrogen-bond donors (Lipinski definition) is 1. The second kappa shape index (κ2) is 4.82. The summed E-state index contributed by atoms with van der Waals surface area (Å²) < 4.78 is 76.4. The fourth-order valence-electron chi connectivity index (χ4n) is 1.05. The predicted octanol–water partition coefficient (Wildman–Crippen LogP) is 3.60. The molecule has 10 heteroatoms. The molecule has 18 heavy (non-hydrogen) atoms. The van der Waals surface area contributed by atoms with E-state index < -0.39 is 29.7 Å². The van der Waals surface area contributed by atoms with Crippen molar-refractivity contribution >= 4 is 15.9 Å². The van der Waals surface area contributed by atoms with E-state index in [-0.39, 0.29) is 10.9 Å². The van der Waals surface area contributed by atoms with Crippen molar-refractivity contribution in [3.05, 3.63) is 17.5 Å². The molecule has 0 saturated carbocycles. The molecule has 1 N–H and O–H groups in total. The summed E-state index contributed by atoms with van der Waals surface area (Å²) in [5.74, 6) is -3.02. The SMILES string of the molecule is Oc1c(C(F)(F)F)ncc(CBr)c1OC(F)(F)F. The minimum absolute atomic E-state index is 0.267. The zero-order valence-corrected chi connectivity index (χ0v) is 9.82. The van der Waals surface area contributed by atoms with E-state index in [2.05, 4.69) is 25.7 Å². The van der Waals surface area contributed by atoms with E-state index in [9.17, 15) is 31.4 Å². The van der Waals surface area contributed by atoms with Crippen LogP contribution in [0.15, 0.2) is 6.20 Å². The second-order valence-electron chi connectivity index (χ2n) is 2.99. The number of aromatic nitrogens is 1. The van der Waals surface area contributed by atoms with Crippen LogP contribution in [0.3, 0.4) is 0 Å². The lowest BCUT2D eigenvalue weighted by atomic mass is 10.2. The van der Waals surface area contributed by atoms with Crippen LogP contribution in [-0.4, -0.2) is 16.5 Å². The van der Waals surface area contributed by atoms with Crippen LogP contribution >= 0.6 is 15.9 Å². The molecule has 0 aliphatic heterocycles. The number of alkyl halides is 7. The van der Waals surface area contributed by atoms with Gasteiger partial charge in [0.15, 0.2) is 17.2 Å². The molecular weight excluding hydrogens is 336 g/mol. The van der Waals surface area contributed by atoms with Gasteiger partial charge >= 0.3 is 12.5 Å². The van der Waals surface area contributed by atoms with Gasteiger partial charge in [-0.2, -0.15) is 13.2 Å². The number of ether oxygens (including phenoxy) is 1. The van der Waals surface area contributed by atoms with E-state index in [1.54, 1.807) is 0 Å². The first-order chi connectivity index (χ1) is 8.06. The van der Waals surface area contributed by atoms with Crippen molar-refractivity contribution in [3.63, 3.8) is 0 Å². The largest absolute Gasteiger partial charge is 0.573 e. The molecule has 0 unspecified atom stereocenters. The second-order valence-corrected chi connectivity index (χ2v) is 3.55. The van der Waals surface area contributed by atoms with E-state index in [4.69, 9.17) is 0 Å². The van der Waals surface area contributed by atoms with E-state index >= 15 is 0 Å². The molecule has 3 nitrogen and oxygen atoms in total. The molecule has 102 valence electrons. The Bertz CT molecular complexity index is 444. The van der Waals surface area contributed by atoms with E-state index in [1.807, 2.05) is 0 Å². The Morgan fingerprint density at radius 2 is 1.78 bits per heavy atom. The maximum atomic E-state index is 12.3. The summed E-state index contributed by atoms with van der Waals surface area (Å²) in [4.78, 5) is 2.86. The number of halogens is 7. The molecule has 0 aliphatic rings. The van der Waals surface area contributed by atoms with Crippen LogP contribution in [0.2, 0.25) is 0 Å². The Morgan fingerprint density at radius 1 is 1.22 bits per heavy atom. The van der Waals surface area contributed by atoms with Crippen molar-refractivity contribution in [1.82, 2.24) is 4.98 Å². The van der Waals surface area contributed by atoms with Crippen LogP contribution < -0.4 is 4.74 Å². The van der Waals surface area contributed by atoms with Crippen LogP contribution in [0.25, 0.3) is 0 Å². The fourth-order valence-corrected chi connectivity index (χ4v) is 1.45. The highest BCUT2D eigenvalue weighted by molar-refractivity contribution is 9.08. The normalized spacial score (nSPS) is 12.6. The van der Waals surface area contributed by atoms with Gasteiger partial charge < -0.3 is 9.84 Å². The minimum atomic E-state index is -5.22. The summed E-state index contributed by atoms with van der Waals surface area (Å²) in [6.07, 6.45) is -9.77. The van der Waals surface area contributed by atoms with Gasteiger partial charge in [0, 0.05) is 17.1 Å². The molecule has 1 aromatic rings. The van der Waals surface area contributed by atoms with E-state index in [0.29, 0.717) is 6.20 Å². The van der Waals surface area contributed by atoms with Gasteiger partial charge in [0.25, 0.3) is 0 Å². The Hall–Kier alpha value is -1.19. The van der Waals surface area contributed by atoms with Crippen molar-refractivity contribution < 1.29 is 36.2 Å². The van der Waals surface area contributed by atoms with Crippen molar-refractivity contribution in [1.29, 1.82) is 0 Å². The maximum Gasteiger partial charge on any atom is 0.573 e. The van der Waals surface area contributed by atoms with Gasteiger partial charge in [-0.25, -0.2) is 4.98 Å². The predicted molar refractivity (Wildman–Crippen MR) is 50.2 cm³/mol. The van der Waals surface area contributed by atoms with Crippen molar-refractivity contribution in [2.75, 3.05) is 0 Å². The molecule has 0 bridgehead atoms. The Balaban J connectivity index is 3.37. The lowest BCUT2D eigenvalue weighted by molar-refractivity contribution is -0.275. The molecule has 1 heterocycles. The summed E-state index contributed by atoms with van der Waals surface area (Å²) >= 11 is 2.75. The summed E-state index contributed by atoms with van der Waals surface area (Å²) in [7, 11) is 0. The maximum absolute atomic E-state index is 12.3. The van der Waals surface area contributed by atoms with Crippen LogP contribution in [0.1, 0.15) is 11.3 Å². The van der Waals surface area contributed by atoms with Crippen molar-refractivity contribution in [3.8, 4) is 11.5 Å². The summed E-state index contributed by atoms with van der Waals surface area (Å²) in [5, 5.41) is 8.90. The number of pyridine rings is 1. The van der Waals surface area contributed by atoms with Gasteiger partial charge in [-0.05, 0) is 0 Å². The molecule has 0 aromatic carbocycles. The standard InChI is InChI=1S/C8H4BrF6NO2/c9-1-3-2-16-6(7(10,11)12)4(17)5(3)18-8(13,14)15/h2,17H,1H2.